The van der Waals surface area contributed by atoms with Crippen molar-refractivity contribution in [3.63, 3.8) is 0 Å². The zero-order valence-corrected chi connectivity index (χ0v) is 14.3. The Morgan fingerprint density at radius 3 is 2.45 bits per heavy atom. The summed E-state index contributed by atoms with van der Waals surface area (Å²) in [6.45, 7) is 6.90. The van der Waals surface area contributed by atoms with Gasteiger partial charge in [-0.05, 0) is 42.9 Å². The summed E-state index contributed by atoms with van der Waals surface area (Å²) in [4.78, 5) is 16.0. The van der Waals surface area contributed by atoms with Crippen molar-refractivity contribution in [2.24, 2.45) is 0 Å². The SMILES string of the molecule is CC(C)c1ccc(SC2CCN(C3CCOCC3)C2=O)cc1. The molecule has 0 aromatic heterocycles. The number of thioether (sulfide) groups is 1. The Hall–Kier alpha value is -1.00. The molecule has 2 heterocycles. The molecule has 1 amide bonds. The molecule has 0 bridgehead atoms. The first kappa shape index (κ1) is 15.9. The fraction of sp³-hybridized carbons (Fsp3) is 0.611. The molecule has 4 heteroatoms. The van der Waals surface area contributed by atoms with E-state index >= 15 is 0 Å². The van der Waals surface area contributed by atoms with Crippen molar-refractivity contribution in [3.05, 3.63) is 29.8 Å². The number of ether oxygens (including phenoxy) is 1. The Morgan fingerprint density at radius 2 is 1.82 bits per heavy atom. The van der Waals surface area contributed by atoms with Crippen molar-refractivity contribution in [2.45, 2.75) is 55.2 Å². The molecule has 120 valence electrons. The Kier molecular flexibility index (Phi) is 5.09. The third-order valence-electron chi connectivity index (χ3n) is 4.65. The number of hydrogen-bond donors (Lipinski definition) is 0. The van der Waals surface area contributed by atoms with E-state index in [1.807, 2.05) is 0 Å². The van der Waals surface area contributed by atoms with Gasteiger partial charge in [0, 0.05) is 30.7 Å². The summed E-state index contributed by atoms with van der Waals surface area (Å²) in [5.74, 6) is 0.876. The molecule has 2 saturated heterocycles. The van der Waals surface area contributed by atoms with E-state index in [-0.39, 0.29) is 5.25 Å². The number of nitrogens with zero attached hydrogens (tertiary/aromatic N) is 1. The number of amides is 1. The molecule has 1 aromatic carbocycles. The Labute approximate surface area is 137 Å². The van der Waals surface area contributed by atoms with E-state index < -0.39 is 0 Å². The van der Waals surface area contributed by atoms with Crippen LogP contribution in [-0.4, -0.2) is 41.9 Å². The quantitative estimate of drug-likeness (QED) is 0.848. The average Bonchev–Trinajstić information content (AvgIpc) is 2.90. The lowest BCUT2D eigenvalue weighted by atomic mass is 10.0. The first-order valence-electron chi connectivity index (χ1n) is 8.30. The second-order valence-corrected chi connectivity index (χ2v) is 7.77. The molecule has 3 rings (SSSR count). The summed E-state index contributed by atoms with van der Waals surface area (Å²) in [5.41, 5.74) is 1.35. The van der Waals surface area contributed by atoms with E-state index in [0.717, 1.165) is 39.0 Å². The van der Waals surface area contributed by atoms with Crippen molar-refractivity contribution >= 4 is 17.7 Å². The smallest absolute Gasteiger partial charge is 0.236 e. The van der Waals surface area contributed by atoms with Gasteiger partial charge in [0.05, 0.1) is 5.25 Å². The highest BCUT2D eigenvalue weighted by Gasteiger charge is 2.36. The predicted octanol–water partition coefficient (Wildman–Crippen LogP) is 3.68. The summed E-state index contributed by atoms with van der Waals surface area (Å²) >= 11 is 1.73. The summed E-state index contributed by atoms with van der Waals surface area (Å²) in [7, 11) is 0. The molecule has 0 aliphatic carbocycles. The second kappa shape index (κ2) is 7.05. The zero-order valence-electron chi connectivity index (χ0n) is 13.5. The molecule has 3 nitrogen and oxygen atoms in total. The van der Waals surface area contributed by atoms with Crippen LogP contribution < -0.4 is 0 Å². The van der Waals surface area contributed by atoms with Crippen LogP contribution in [-0.2, 0) is 9.53 Å². The maximum absolute atomic E-state index is 12.6. The van der Waals surface area contributed by atoms with Crippen LogP contribution in [0.1, 0.15) is 44.6 Å². The van der Waals surface area contributed by atoms with Crippen molar-refractivity contribution in [3.8, 4) is 0 Å². The first-order valence-corrected chi connectivity index (χ1v) is 9.18. The third kappa shape index (κ3) is 3.49. The van der Waals surface area contributed by atoms with Crippen LogP contribution in [0.2, 0.25) is 0 Å². The minimum absolute atomic E-state index is 0.0905. The largest absolute Gasteiger partial charge is 0.381 e. The lowest BCUT2D eigenvalue weighted by Crippen LogP contribution is -2.41. The molecule has 1 aromatic rings. The molecule has 0 spiro atoms. The van der Waals surface area contributed by atoms with E-state index in [4.69, 9.17) is 4.74 Å². The lowest BCUT2D eigenvalue weighted by Gasteiger charge is -2.31. The number of carbonyl (C=O) groups is 1. The van der Waals surface area contributed by atoms with Crippen LogP contribution in [0.3, 0.4) is 0 Å². The van der Waals surface area contributed by atoms with Gasteiger partial charge in [0.1, 0.15) is 0 Å². The Balaban J connectivity index is 1.60. The van der Waals surface area contributed by atoms with Crippen molar-refractivity contribution < 1.29 is 9.53 Å². The van der Waals surface area contributed by atoms with Gasteiger partial charge in [0.2, 0.25) is 5.91 Å². The predicted molar refractivity (Wildman–Crippen MR) is 90.3 cm³/mol. The molecule has 0 N–H and O–H groups in total. The third-order valence-corrected chi connectivity index (χ3v) is 5.91. The van der Waals surface area contributed by atoms with Crippen molar-refractivity contribution in [2.75, 3.05) is 19.8 Å². The number of hydrogen-bond acceptors (Lipinski definition) is 3. The average molecular weight is 319 g/mol. The van der Waals surface area contributed by atoms with Gasteiger partial charge in [0.25, 0.3) is 0 Å². The van der Waals surface area contributed by atoms with Gasteiger partial charge in [-0.1, -0.05) is 26.0 Å². The molecule has 1 unspecified atom stereocenters. The monoisotopic (exact) mass is 319 g/mol. The van der Waals surface area contributed by atoms with Gasteiger partial charge >= 0.3 is 0 Å². The zero-order chi connectivity index (χ0) is 15.5. The molecule has 2 fully saturated rings. The van der Waals surface area contributed by atoms with Crippen LogP contribution in [0.15, 0.2) is 29.2 Å². The fourth-order valence-corrected chi connectivity index (χ4v) is 4.32. The fourth-order valence-electron chi connectivity index (χ4n) is 3.24. The number of rotatable bonds is 4. The Morgan fingerprint density at radius 1 is 1.14 bits per heavy atom. The second-order valence-electron chi connectivity index (χ2n) is 6.49. The summed E-state index contributed by atoms with van der Waals surface area (Å²) in [5, 5.41) is 0.0905. The molecule has 2 aliphatic heterocycles. The highest BCUT2D eigenvalue weighted by Crippen LogP contribution is 2.33. The maximum atomic E-state index is 12.6. The summed E-state index contributed by atoms with van der Waals surface area (Å²) < 4.78 is 5.40. The molecule has 1 atom stereocenters. The topological polar surface area (TPSA) is 29.5 Å². The number of carbonyl (C=O) groups excluding carboxylic acids is 1. The Bertz CT molecular complexity index is 508. The van der Waals surface area contributed by atoms with Gasteiger partial charge in [-0.2, -0.15) is 0 Å². The molecular formula is C18H25NO2S. The maximum Gasteiger partial charge on any atom is 0.236 e. The van der Waals surface area contributed by atoms with Gasteiger partial charge < -0.3 is 9.64 Å². The normalized spacial score (nSPS) is 23.5. The molecular weight excluding hydrogens is 294 g/mol. The van der Waals surface area contributed by atoms with Crippen LogP contribution in [0.5, 0.6) is 0 Å². The molecule has 22 heavy (non-hydrogen) atoms. The lowest BCUT2D eigenvalue weighted by molar-refractivity contribution is -0.130. The van der Waals surface area contributed by atoms with E-state index in [0.29, 0.717) is 17.9 Å². The van der Waals surface area contributed by atoms with Crippen LogP contribution in [0, 0.1) is 0 Å². The van der Waals surface area contributed by atoms with Crippen molar-refractivity contribution in [1.82, 2.24) is 4.90 Å². The molecule has 0 radical (unpaired) electrons. The van der Waals surface area contributed by atoms with Gasteiger partial charge in [0.15, 0.2) is 0 Å². The van der Waals surface area contributed by atoms with Gasteiger partial charge in [-0.25, -0.2) is 0 Å². The highest BCUT2D eigenvalue weighted by atomic mass is 32.2. The molecule has 2 aliphatic rings. The van der Waals surface area contributed by atoms with Crippen LogP contribution >= 0.6 is 11.8 Å². The summed E-state index contributed by atoms with van der Waals surface area (Å²) in [6, 6.07) is 9.08. The van der Waals surface area contributed by atoms with Gasteiger partial charge in [-0.15, -0.1) is 11.8 Å². The standard InChI is InChI=1S/C18H25NO2S/c1-13(2)14-3-5-16(6-4-14)22-17-7-10-19(18(17)20)15-8-11-21-12-9-15/h3-6,13,15,17H,7-12H2,1-2H3. The van der Waals surface area contributed by atoms with Gasteiger partial charge in [-0.3, -0.25) is 4.79 Å². The highest BCUT2D eigenvalue weighted by molar-refractivity contribution is 8.00. The molecule has 0 saturated carbocycles. The minimum atomic E-state index is 0.0905. The van der Waals surface area contributed by atoms with Crippen LogP contribution in [0.25, 0.3) is 0 Å². The van der Waals surface area contributed by atoms with E-state index in [9.17, 15) is 4.79 Å². The van der Waals surface area contributed by atoms with E-state index in [1.54, 1.807) is 11.8 Å². The first-order chi connectivity index (χ1) is 10.6. The van der Waals surface area contributed by atoms with E-state index in [2.05, 4.69) is 43.0 Å². The van der Waals surface area contributed by atoms with E-state index in [1.165, 1.54) is 10.5 Å². The van der Waals surface area contributed by atoms with Crippen LogP contribution in [0.4, 0.5) is 0 Å². The number of benzene rings is 1. The summed E-state index contributed by atoms with van der Waals surface area (Å²) in [6.07, 6.45) is 2.95. The minimum Gasteiger partial charge on any atom is -0.381 e. The van der Waals surface area contributed by atoms with Crippen molar-refractivity contribution in [1.29, 1.82) is 0 Å². The number of likely N-dealkylation sites (tertiary alicyclic amines) is 1.